The van der Waals surface area contributed by atoms with Gasteiger partial charge >= 0.3 is 0 Å². The number of hydrogen-bond acceptors (Lipinski definition) is 2. The molecule has 0 unspecified atom stereocenters. The van der Waals surface area contributed by atoms with Crippen LogP contribution in [0.1, 0.15) is 11.3 Å². The molecule has 4 nitrogen and oxygen atoms in total. The van der Waals surface area contributed by atoms with Crippen LogP contribution in [0.3, 0.4) is 0 Å². The number of rotatable bonds is 4. The summed E-state index contributed by atoms with van der Waals surface area (Å²) in [4.78, 5) is 24.6. The number of carbonyl (C=O) groups is 2. The number of hydrogen-bond donors (Lipinski definition) is 0. The molecule has 0 atom stereocenters. The van der Waals surface area contributed by atoms with Gasteiger partial charge in [-0.05, 0) is 13.0 Å². The topological polar surface area (TPSA) is 51.5 Å². The van der Waals surface area contributed by atoms with Crippen molar-refractivity contribution in [2.75, 3.05) is 0 Å². The second kappa shape index (κ2) is 6.10. The molecule has 1 aromatic rings. The fraction of sp³-hybridized carbons (Fsp3) is 0.222. The van der Waals surface area contributed by atoms with Crippen LogP contribution in [0.15, 0.2) is 18.3 Å². The molecule has 1 aromatic heterocycles. The van der Waals surface area contributed by atoms with Crippen molar-refractivity contribution in [1.82, 2.24) is 4.90 Å². The van der Waals surface area contributed by atoms with E-state index in [1.807, 2.05) is 25.3 Å². The van der Waals surface area contributed by atoms with Gasteiger partial charge in [0.1, 0.15) is 6.54 Å². The van der Waals surface area contributed by atoms with Crippen molar-refractivity contribution in [2.45, 2.75) is 13.5 Å². The molecule has 2 amide bonds. The minimum absolute atomic E-state index is 0. The van der Waals surface area contributed by atoms with Crippen LogP contribution in [0.2, 0.25) is 0 Å². The van der Waals surface area contributed by atoms with Crippen LogP contribution in [0.4, 0.5) is 0 Å². The standard InChI is InChI=1S/C9H10N2O2.ClH/c1-8-2-3-9(10-4-8)5-11(6-12)7-13;/h2-4,6-7H,5H2,1H3;1H. The largest absolute Gasteiger partial charge is 1.00 e. The lowest BCUT2D eigenvalue weighted by Crippen LogP contribution is -3.00. The highest BCUT2D eigenvalue weighted by Gasteiger charge is 2.05. The van der Waals surface area contributed by atoms with E-state index >= 15 is 0 Å². The zero-order chi connectivity index (χ0) is 9.68. The second-order valence-electron chi connectivity index (χ2n) is 2.77. The second-order valence-corrected chi connectivity index (χ2v) is 2.77. The van der Waals surface area contributed by atoms with Crippen molar-refractivity contribution in [3.05, 3.63) is 29.6 Å². The van der Waals surface area contributed by atoms with E-state index in [9.17, 15) is 9.59 Å². The van der Waals surface area contributed by atoms with E-state index in [2.05, 4.69) is 4.98 Å². The highest BCUT2D eigenvalue weighted by molar-refractivity contribution is 5.68. The Balaban J connectivity index is 0.00000169. The molecule has 0 fully saturated rings. The smallest absolute Gasteiger partial charge is 0.216 e. The molecule has 0 saturated heterocycles. The third kappa shape index (κ3) is 3.53. The van der Waals surface area contributed by atoms with E-state index in [0.29, 0.717) is 12.8 Å². The Morgan fingerprint density at radius 2 is 2.00 bits per heavy atom. The van der Waals surface area contributed by atoms with Gasteiger partial charge in [-0.15, -0.1) is 0 Å². The molecule has 0 aliphatic rings. The first kappa shape index (κ1) is 12.6. The van der Waals surface area contributed by atoms with Crippen LogP contribution in [-0.2, 0) is 16.1 Å². The molecule has 0 aliphatic carbocycles. The Labute approximate surface area is 88.3 Å². The van der Waals surface area contributed by atoms with Crippen molar-refractivity contribution in [3.63, 3.8) is 0 Å². The maximum atomic E-state index is 10.3. The first-order valence-electron chi connectivity index (χ1n) is 3.90. The number of pyridine rings is 1. The fourth-order valence-electron chi connectivity index (χ4n) is 0.929. The molecule has 0 saturated carbocycles. The quantitative estimate of drug-likeness (QED) is 0.500. The van der Waals surface area contributed by atoms with Gasteiger partial charge in [0, 0.05) is 11.6 Å². The highest BCUT2D eigenvalue weighted by Crippen LogP contribution is 1.96. The average molecular weight is 215 g/mol. The number of imide groups is 1. The average Bonchev–Trinajstić information content (AvgIpc) is 2.17. The number of nitrogens with one attached hydrogen (secondary N) is 1. The Morgan fingerprint density at radius 1 is 1.36 bits per heavy atom. The van der Waals surface area contributed by atoms with E-state index in [0.717, 1.165) is 16.2 Å². The molecule has 0 bridgehead atoms. The van der Waals surface area contributed by atoms with Gasteiger partial charge in [-0.2, -0.15) is 0 Å². The van der Waals surface area contributed by atoms with Crippen molar-refractivity contribution in [3.8, 4) is 0 Å². The fourth-order valence-corrected chi connectivity index (χ4v) is 0.929. The van der Waals surface area contributed by atoms with Crippen LogP contribution in [0, 0.1) is 6.92 Å². The number of aromatic nitrogens is 1. The molecular weight excluding hydrogens is 204 g/mol. The first-order chi connectivity index (χ1) is 6.26. The molecule has 1 rings (SSSR count). The Kier molecular flexibility index (Phi) is 5.48. The summed E-state index contributed by atoms with van der Waals surface area (Å²) in [6, 6.07) is 3.76. The predicted molar refractivity (Wildman–Crippen MR) is 45.4 cm³/mol. The number of halogens is 1. The van der Waals surface area contributed by atoms with Crippen molar-refractivity contribution >= 4 is 12.8 Å². The number of amides is 2. The maximum absolute atomic E-state index is 10.3. The third-order valence-electron chi connectivity index (χ3n) is 1.66. The Bertz CT molecular complexity index is 292. The summed E-state index contributed by atoms with van der Waals surface area (Å²) >= 11 is 0. The molecular formula is C9H11ClN2O2. The number of aromatic amines is 1. The summed E-state index contributed by atoms with van der Waals surface area (Å²) in [5.41, 5.74) is 1.93. The van der Waals surface area contributed by atoms with Crippen molar-refractivity contribution < 1.29 is 27.0 Å². The molecule has 5 heteroatoms. The lowest BCUT2D eigenvalue weighted by Gasteiger charge is -2.03. The van der Waals surface area contributed by atoms with Gasteiger partial charge in [-0.3, -0.25) is 14.5 Å². The lowest BCUT2D eigenvalue weighted by molar-refractivity contribution is -0.392. The zero-order valence-corrected chi connectivity index (χ0v) is 8.49. The van der Waals surface area contributed by atoms with E-state index in [4.69, 9.17) is 0 Å². The molecule has 1 heterocycles. The SMILES string of the molecule is Cc1ccc(CN(C=O)C=O)[nH+]c1.[Cl-]. The number of nitrogens with zero attached hydrogens (tertiary/aromatic N) is 1. The number of carbonyl (C=O) groups excluding carboxylic acids is 2. The van der Waals surface area contributed by atoms with Crippen LogP contribution < -0.4 is 17.4 Å². The van der Waals surface area contributed by atoms with Crippen LogP contribution >= 0.6 is 0 Å². The van der Waals surface area contributed by atoms with E-state index in [-0.39, 0.29) is 19.0 Å². The Hall–Kier alpha value is -1.42. The molecule has 0 aliphatic heterocycles. The number of aryl methyl sites for hydroxylation is 1. The first-order valence-corrected chi connectivity index (χ1v) is 3.90. The van der Waals surface area contributed by atoms with Crippen LogP contribution in [0.25, 0.3) is 0 Å². The van der Waals surface area contributed by atoms with Gasteiger partial charge in [0.25, 0.3) is 0 Å². The normalized spacial score (nSPS) is 8.64. The summed E-state index contributed by atoms with van der Waals surface area (Å²) in [6.07, 6.45) is 2.82. The van der Waals surface area contributed by atoms with Gasteiger partial charge in [0.05, 0.1) is 0 Å². The van der Waals surface area contributed by atoms with Crippen LogP contribution in [0.5, 0.6) is 0 Å². The molecule has 0 radical (unpaired) electrons. The summed E-state index contributed by atoms with van der Waals surface area (Å²) in [6.45, 7) is 2.24. The molecule has 1 N–H and O–H groups in total. The van der Waals surface area contributed by atoms with E-state index < -0.39 is 0 Å². The zero-order valence-electron chi connectivity index (χ0n) is 7.74. The monoisotopic (exact) mass is 214 g/mol. The van der Waals surface area contributed by atoms with Gasteiger partial charge in [-0.25, -0.2) is 4.98 Å². The molecule has 14 heavy (non-hydrogen) atoms. The minimum Gasteiger partial charge on any atom is -1.00 e. The predicted octanol–water partition coefficient (Wildman–Crippen LogP) is -3.07. The minimum atomic E-state index is 0. The van der Waals surface area contributed by atoms with Crippen molar-refractivity contribution in [1.29, 1.82) is 0 Å². The van der Waals surface area contributed by atoms with E-state index in [1.165, 1.54) is 0 Å². The van der Waals surface area contributed by atoms with Gasteiger partial charge in [0.15, 0.2) is 11.9 Å². The Morgan fingerprint density at radius 3 is 2.43 bits per heavy atom. The summed E-state index contributed by atoms with van der Waals surface area (Å²) in [5.74, 6) is 0. The molecule has 0 aromatic carbocycles. The highest BCUT2D eigenvalue weighted by atomic mass is 35.5. The van der Waals surface area contributed by atoms with Gasteiger partial charge in [0.2, 0.25) is 12.8 Å². The van der Waals surface area contributed by atoms with Gasteiger partial charge < -0.3 is 12.4 Å². The van der Waals surface area contributed by atoms with Crippen LogP contribution in [-0.4, -0.2) is 17.7 Å². The lowest BCUT2D eigenvalue weighted by atomic mass is 10.3. The van der Waals surface area contributed by atoms with E-state index in [1.54, 1.807) is 0 Å². The van der Waals surface area contributed by atoms with Gasteiger partial charge in [-0.1, -0.05) is 0 Å². The number of H-pyrrole nitrogens is 1. The third-order valence-corrected chi connectivity index (χ3v) is 1.66. The van der Waals surface area contributed by atoms with Crippen molar-refractivity contribution in [2.24, 2.45) is 0 Å². The summed E-state index contributed by atoms with van der Waals surface area (Å²) in [5, 5.41) is 0. The summed E-state index contributed by atoms with van der Waals surface area (Å²) in [7, 11) is 0. The molecule has 76 valence electrons. The molecule has 0 spiro atoms. The summed E-state index contributed by atoms with van der Waals surface area (Å²) < 4.78 is 0. The maximum Gasteiger partial charge on any atom is 0.216 e.